The number of hydrogen-bond acceptors (Lipinski definition) is 1. The van der Waals surface area contributed by atoms with Crippen LogP contribution < -0.4 is 0 Å². The van der Waals surface area contributed by atoms with Gasteiger partial charge in [0.05, 0.1) is 6.10 Å². The van der Waals surface area contributed by atoms with Crippen molar-refractivity contribution in [2.24, 2.45) is 5.92 Å². The highest BCUT2D eigenvalue weighted by atomic mass is 35.5. The smallest absolute Gasteiger partial charge is 0.0578 e. The maximum atomic E-state index is 6.05. The molecule has 0 aromatic carbocycles. The fourth-order valence-electron chi connectivity index (χ4n) is 2.43. The predicted octanol–water partition coefficient (Wildman–Crippen LogP) is 2.96. The van der Waals surface area contributed by atoms with Gasteiger partial charge in [-0.1, -0.05) is 0 Å². The highest BCUT2D eigenvalue weighted by molar-refractivity contribution is 6.20. The second-order valence-electron chi connectivity index (χ2n) is 4.15. The van der Waals surface area contributed by atoms with Crippen LogP contribution in [0, 0.1) is 5.92 Å². The van der Waals surface area contributed by atoms with Crippen LogP contribution in [0.3, 0.4) is 0 Å². The third kappa shape index (κ3) is 2.14. The van der Waals surface area contributed by atoms with Gasteiger partial charge in [0.1, 0.15) is 0 Å². The van der Waals surface area contributed by atoms with Crippen molar-refractivity contribution in [3.8, 4) is 0 Å². The second kappa shape index (κ2) is 3.97. The van der Waals surface area contributed by atoms with Crippen molar-refractivity contribution in [2.45, 2.75) is 50.0 Å². The number of rotatable bonds is 2. The molecule has 0 radical (unpaired) electrons. The molecule has 0 amide bonds. The summed E-state index contributed by atoms with van der Waals surface area (Å²) in [6, 6.07) is 0. The van der Waals surface area contributed by atoms with Gasteiger partial charge in [-0.15, -0.1) is 11.6 Å². The van der Waals surface area contributed by atoms with Crippen LogP contribution in [0.15, 0.2) is 0 Å². The van der Waals surface area contributed by atoms with Crippen LogP contribution in [-0.2, 0) is 4.74 Å². The molecule has 2 fully saturated rings. The van der Waals surface area contributed by atoms with Gasteiger partial charge in [-0.2, -0.15) is 0 Å². The average molecular weight is 189 g/mol. The molecular formula is C10H17ClO. The summed E-state index contributed by atoms with van der Waals surface area (Å²) in [7, 11) is 0. The van der Waals surface area contributed by atoms with Gasteiger partial charge < -0.3 is 4.74 Å². The van der Waals surface area contributed by atoms with E-state index in [1.165, 1.54) is 38.5 Å². The van der Waals surface area contributed by atoms with Crippen molar-refractivity contribution in [2.75, 3.05) is 6.61 Å². The molecule has 0 aromatic heterocycles. The first-order valence-electron chi connectivity index (χ1n) is 5.10. The van der Waals surface area contributed by atoms with Crippen molar-refractivity contribution in [1.29, 1.82) is 0 Å². The maximum Gasteiger partial charge on any atom is 0.0578 e. The van der Waals surface area contributed by atoms with E-state index in [9.17, 15) is 0 Å². The van der Waals surface area contributed by atoms with Crippen molar-refractivity contribution in [1.82, 2.24) is 0 Å². The Bertz CT molecular complexity index is 143. The fourth-order valence-corrected chi connectivity index (χ4v) is 2.81. The van der Waals surface area contributed by atoms with Crippen LogP contribution in [0.25, 0.3) is 0 Å². The topological polar surface area (TPSA) is 9.23 Å². The highest BCUT2D eigenvalue weighted by Gasteiger charge is 2.27. The minimum Gasteiger partial charge on any atom is -0.378 e. The molecule has 0 bridgehead atoms. The second-order valence-corrected chi connectivity index (χ2v) is 4.76. The molecule has 0 spiro atoms. The van der Waals surface area contributed by atoms with Gasteiger partial charge in [-0.3, -0.25) is 0 Å². The molecule has 3 unspecified atom stereocenters. The molecule has 70 valence electrons. The molecule has 1 saturated carbocycles. The fraction of sp³-hybridized carbons (Fsp3) is 1.00. The Hall–Kier alpha value is 0.250. The maximum absolute atomic E-state index is 6.05. The summed E-state index contributed by atoms with van der Waals surface area (Å²) < 4.78 is 5.61. The van der Waals surface area contributed by atoms with Gasteiger partial charge in [-0.05, 0) is 44.4 Å². The summed E-state index contributed by atoms with van der Waals surface area (Å²) in [6.45, 7) is 0.988. The van der Waals surface area contributed by atoms with Crippen LogP contribution in [0.2, 0.25) is 0 Å². The standard InChI is InChI=1S/C10H17ClO/c11-9-4-3-8(6-9)7-10-2-1-5-12-10/h8-10H,1-7H2. The summed E-state index contributed by atoms with van der Waals surface area (Å²) in [5.41, 5.74) is 0. The van der Waals surface area contributed by atoms with E-state index in [2.05, 4.69) is 0 Å². The third-order valence-corrected chi connectivity index (χ3v) is 3.49. The summed E-state index contributed by atoms with van der Waals surface area (Å²) >= 11 is 6.05. The molecule has 2 heteroatoms. The first kappa shape index (κ1) is 8.83. The van der Waals surface area contributed by atoms with E-state index in [0.717, 1.165) is 12.5 Å². The lowest BCUT2D eigenvalue weighted by molar-refractivity contribution is 0.0904. The van der Waals surface area contributed by atoms with Crippen LogP contribution >= 0.6 is 11.6 Å². The molecule has 0 N–H and O–H groups in total. The Balaban J connectivity index is 1.72. The molecule has 2 aliphatic rings. The molecule has 2 rings (SSSR count). The molecule has 1 saturated heterocycles. The number of ether oxygens (including phenoxy) is 1. The Kier molecular flexibility index (Phi) is 2.92. The molecule has 3 atom stereocenters. The van der Waals surface area contributed by atoms with E-state index in [4.69, 9.17) is 16.3 Å². The highest BCUT2D eigenvalue weighted by Crippen LogP contribution is 2.34. The molecular weight excluding hydrogens is 172 g/mol. The Morgan fingerprint density at radius 1 is 1.25 bits per heavy atom. The first-order chi connectivity index (χ1) is 5.84. The average Bonchev–Trinajstić information content (AvgIpc) is 2.63. The van der Waals surface area contributed by atoms with E-state index in [-0.39, 0.29) is 0 Å². The summed E-state index contributed by atoms with van der Waals surface area (Å²) in [5.74, 6) is 0.857. The number of halogens is 1. The van der Waals surface area contributed by atoms with E-state index in [1.807, 2.05) is 0 Å². The van der Waals surface area contributed by atoms with Crippen LogP contribution in [0.4, 0.5) is 0 Å². The zero-order valence-electron chi connectivity index (χ0n) is 7.47. The monoisotopic (exact) mass is 188 g/mol. The van der Waals surface area contributed by atoms with E-state index in [1.54, 1.807) is 0 Å². The quantitative estimate of drug-likeness (QED) is 0.606. The van der Waals surface area contributed by atoms with E-state index in [0.29, 0.717) is 11.5 Å². The van der Waals surface area contributed by atoms with E-state index >= 15 is 0 Å². The van der Waals surface area contributed by atoms with Crippen molar-refractivity contribution in [3.05, 3.63) is 0 Å². The normalized spacial score (nSPS) is 42.2. The molecule has 12 heavy (non-hydrogen) atoms. The predicted molar refractivity (Wildman–Crippen MR) is 50.6 cm³/mol. The summed E-state index contributed by atoms with van der Waals surface area (Å²) in [5, 5.41) is 0.455. The first-order valence-corrected chi connectivity index (χ1v) is 5.54. The van der Waals surface area contributed by atoms with Crippen LogP contribution in [0.1, 0.15) is 38.5 Å². The number of alkyl halides is 1. The lowest BCUT2D eigenvalue weighted by atomic mass is 9.99. The van der Waals surface area contributed by atoms with Gasteiger partial charge >= 0.3 is 0 Å². The largest absolute Gasteiger partial charge is 0.378 e. The lowest BCUT2D eigenvalue weighted by Gasteiger charge is -2.14. The van der Waals surface area contributed by atoms with Gasteiger partial charge in [0.2, 0.25) is 0 Å². The van der Waals surface area contributed by atoms with Crippen molar-refractivity contribution in [3.63, 3.8) is 0 Å². The van der Waals surface area contributed by atoms with E-state index < -0.39 is 0 Å². The van der Waals surface area contributed by atoms with Crippen molar-refractivity contribution >= 4 is 11.6 Å². The minimum absolute atomic E-state index is 0.455. The van der Waals surface area contributed by atoms with Gasteiger partial charge in [0.25, 0.3) is 0 Å². The zero-order chi connectivity index (χ0) is 8.39. The number of hydrogen-bond donors (Lipinski definition) is 0. The molecule has 1 nitrogen and oxygen atoms in total. The van der Waals surface area contributed by atoms with Crippen molar-refractivity contribution < 1.29 is 4.74 Å². The minimum atomic E-state index is 0.455. The molecule has 1 aliphatic carbocycles. The zero-order valence-corrected chi connectivity index (χ0v) is 8.22. The summed E-state index contributed by atoms with van der Waals surface area (Å²) in [6.07, 6.45) is 8.15. The van der Waals surface area contributed by atoms with Gasteiger partial charge in [0.15, 0.2) is 0 Å². The molecule has 0 aromatic rings. The van der Waals surface area contributed by atoms with Gasteiger partial charge in [-0.25, -0.2) is 0 Å². The molecule has 1 aliphatic heterocycles. The SMILES string of the molecule is ClC1CCC(CC2CCCO2)C1. The Morgan fingerprint density at radius 3 is 2.75 bits per heavy atom. The Morgan fingerprint density at radius 2 is 2.17 bits per heavy atom. The summed E-state index contributed by atoms with van der Waals surface area (Å²) in [4.78, 5) is 0. The molecule has 1 heterocycles. The van der Waals surface area contributed by atoms with Crippen LogP contribution in [-0.4, -0.2) is 18.1 Å². The van der Waals surface area contributed by atoms with Crippen LogP contribution in [0.5, 0.6) is 0 Å². The van der Waals surface area contributed by atoms with Gasteiger partial charge in [0, 0.05) is 12.0 Å². The Labute approximate surface area is 79.4 Å². The third-order valence-electron chi connectivity index (χ3n) is 3.10. The lowest BCUT2D eigenvalue weighted by Crippen LogP contribution is -2.10.